The maximum Gasteiger partial charge on any atom is 0.0543 e. The molecule has 310 valence electrons. The third-order valence-corrected chi connectivity index (χ3v) is 13.0. The SMILES string of the molecule is CC1(C)c2ccccc2-c2c(N(c3ccc(-c4ccc(N(c5cccc(-c6ccccc6)c5)c5cccc(-c6ccccc6)c5)cc4)cc3)c3cccc(-c4ccccc4)c3)cccc21. The molecule has 0 unspecified atom stereocenters. The minimum absolute atomic E-state index is 0.111. The Morgan fingerprint density at radius 2 is 0.615 bits per heavy atom. The molecule has 2 heteroatoms. The number of fused-ring (bicyclic) bond motifs is 3. The van der Waals surface area contributed by atoms with Crippen molar-refractivity contribution in [1.82, 2.24) is 0 Å². The molecule has 2 nitrogen and oxygen atoms in total. The molecule has 0 fully saturated rings. The predicted octanol–water partition coefficient (Wildman–Crippen LogP) is 17.6. The summed E-state index contributed by atoms with van der Waals surface area (Å²) in [4.78, 5) is 4.81. The number of hydrogen-bond acceptors (Lipinski definition) is 2. The summed E-state index contributed by atoms with van der Waals surface area (Å²) >= 11 is 0. The standard InChI is InChI=1S/C63H48N2/c1-63(2)59-31-13-12-30-58(59)62-60(63)32-17-33-61(62)65(57-29-16-26-52(44-57)47-22-10-5-11-23-47)54-40-36-49(37-41-54)48-34-38-53(39-35-48)64(55-27-14-24-50(42-55)45-18-6-3-7-19-45)56-28-15-25-51(43-56)46-20-8-4-9-21-46/h3-44H,1-2H3. The Morgan fingerprint density at radius 1 is 0.262 bits per heavy atom. The van der Waals surface area contributed by atoms with Gasteiger partial charge >= 0.3 is 0 Å². The molecule has 10 aromatic rings. The highest BCUT2D eigenvalue weighted by atomic mass is 15.1. The lowest BCUT2D eigenvalue weighted by atomic mass is 9.82. The van der Waals surface area contributed by atoms with Crippen molar-refractivity contribution in [3.05, 3.63) is 266 Å². The first kappa shape index (κ1) is 39.6. The van der Waals surface area contributed by atoms with E-state index in [9.17, 15) is 0 Å². The Morgan fingerprint density at radius 3 is 1.09 bits per heavy atom. The van der Waals surface area contributed by atoms with Crippen LogP contribution in [0.3, 0.4) is 0 Å². The highest BCUT2D eigenvalue weighted by Crippen LogP contribution is 2.54. The normalized spacial score (nSPS) is 12.3. The zero-order chi connectivity index (χ0) is 43.7. The van der Waals surface area contributed by atoms with E-state index in [4.69, 9.17) is 0 Å². The van der Waals surface area contributed by atoms with Crippen LogP contribution in [-0.4, -0.2) is 0 Å². The van der Waals surface area contributed by atoms with Crippen molar-refractivity contribution in [3.8, 4) is 55.6 Å². The molecule has 1 aliphatic rings. The van der Waals surface area contributed by atoms with Gasteiger partial charge in [0.15, 0.2) is 0 Å². The van der Waals surface area contributed by atoms with Crippen LogP contribution in [0.1, 0.15) is 25.0 Å². The Bertz CT molecular complexity index is 3180. The van der Waals surface area contributed by atoms with Gasteiger partial charge in [-0.25, -0.2) is 0 Å². The van der Waals surface area contributed by atoms with Crippen molar-refractivity contribution >= 4 is 34.1 Å². The molecule has 0 N–H and O–H groups in total. The van der Waals surface area contributed by atoms with Gasteiger partial charge in [0.1, 0.15) is 0 Å². The quantitative estimate of drug-likeness (QED) is 0.135. The summed E-state index contributed by atoms with van der Waals surface area (Å²) in [5.41, 5.74) is 21.3. The summed E-state index contributed by atoms with van der Waals surface area (Å²) in [5.74, 6) is 0. The highest BCUT2D eigenvalue weighted by molar-refractivity contribution is 5.95. The average Bonchev–Trinajstić information content (AvgIpc) is 3.62. The Balaban J connectivity index is 0.982. The van der Waals surface area contributed by atoms with Crippen LogP contribution in [0, 0.1) is 0 Å². The predicted molar refractivity (Wildman–Crippen MR) is 275 cm³/mol. The van der Waals surface area contributed by atoms with E-state index in [1.165, 1.54) is 61.3 Å². The van der Waals surface area contributed by atoms with Crippen molar-refractivity contribution in [2.75, 3.05) is 9.80 Å². The average molecular weight is 833 g/mol. The number of benzene rings is 10. The zero-order valence-electron chi connectivity index (χ0n) is 36.6. The van der Waals surface area contributed by atoms with Gasteiger partial charge in [-0.2, -0.15) is 0 Å². The fourth-order valence-corrected chi connectivity index (χ4v) is 9.77. The van der Waals surface area contributed by atoms with Crippen LogP contribution in [0.4, 0.5) is 34.1 Å². The van der Waals surface area contributed by atoms with Gasteiger partial charge in [0.2, 0.25) is 0 Å². The van der Waals surface area contributed by atoms with Gasteiger partial charge in [0, 0.05) is 39.4 Å². The van der Waals surface area contributed by atoms with E-state index in [-0.39, 0.29) is 5.41 Å². The summed E-state index contributed by atoms with van der Waals surface area (Å²) in [7, 11) is 0. The summed E-state index contributed by atoms with van der Waals surface area (Å²) in [5, 5.41) is 0. The molecule has 0 aromatic heterocycles. The summed E-state index contributed by atoms with van der Waals surface area (Å²) in [6, 6.07) is 92.4. The lowest BCUT2D eigenvalue weighted by Crippen LogP contribution is -2.16. The fraction of sp³-hybridized carbons (Fsp3) is 0.0476. The first-order valence-electron chi connectivity index (χ1n) is 22.5. The third kappa shape index (κ3) is 7.49. The second-order valence-corrected chi connectivity index (χ2v) is 17.4. The maximum absolute atomic E-state index is 2.45. The molecule has 0 bridgehead atoms. The molecule has 0 saturated heterocycles. The van der Waals surface area contributed by atoms with Crippen molar-refractivity contribution in [1.29, 1.82) is 0 Å². The largest absolute Gasteiger partial charge is 0.310 e. The van der Waals surface area contributed by atoms with E-state index < -0.39 is 0 Å². The van der Waals surface area contributed by atoms with Gasteiger partial charge < -0.3 is 9.80 Å². The van der Waals surface area contributed by atoms with E-state index in [0.29, 0.717) is 0 Å². The van der Waals surface area contributed by atoms with E-state index in [1.807, 2.05) is 0 Å². The molecular formula is C63H48N2. The molecule has 0 saturated carbocycles. The van der Waals surface area contributed by atoms with Crippen molar-refractivity contribution < 1.29 is 0 Å². The van der Waals surface area contributed by atoms with Crippen LogP contribution in [0.15, 0.2) is 255 Å². The molecule has 1 aliphatic carbocycles. The summed E-state index contributed by atoms with van der Waals surface area (Å²) in [6.07, 6.45) is 0. The summed E-state index contributed by atoms with van der Waals surface area (Å²) in [6.45, 7) is 4.70. The number of anilines is 6. The Hall–Kier alpha value is -8.20. The van der Waals surface area contributed by atoms with Crippen LogP contribution in [0.5, 0.6) is 0 Å². The van der Waals surface area contributed by atoms with Gasteiger partial charge in [-0.05, 0) is 128 Å². The van der Waals surface area contributed by atoms with Gasteiger partial charge in [-0.3, -0.25) is 0 Å². The number of nitrogens with zero attached hydrogens (tertiary/aromatic N) is 2. The molecule has 0 amide bonds. The Kier molecular flexibility index (Phi) is 10.3. The molecule has 0 atom stereocenters. The molecule has 0 heterocycles. The maximum atomic E-state index is 2.45. The van der Waals surface area contributed by atoms with Gasteiger partial charge in [-0.1, -0.05) is 202 Å². The minimum atomic E-state index is -0.111. The first-order chi connectivity index (χ1) is 32.0. The molecular weight excluding hydrogens is 785 g/mol. The minimum Gasteiger partial charge on any atom is -0.310 e. The van der Waals surface area contributed by atoms with Crippen molar-refractivity contribution in [3.63, 3.8) is 0 Å². The lowest BCUT2D eigenvalue weighted by molar-refractivity contribution is 0.660. The number of rotatable bonds is 10. The van der Waals surface area contributed by atoms with Crippen LogP contribution in [0.2, 0.25) is 0 Å². The fourth-order valence-electron chi connectivity index (χ4n) is 9.77. The van der Waals surface area contributed by atoms with E-state index in [0.717, 1.165) is 39.6 Å². The van der Waals surface area contributed by atoms with Crippen molar-refractivity contribution in [2.45, 2.75) is 19.3 Å². The second kappa shape index (κ2) is 16.8. The molecule has 10 aromatic carbocycles. The van der Waals surface area contributed by atoms with Crippen LogP contribution >= 0.6 is 0 Å². The monoisotopic (exact) mass is 832 g/mol. The zero-order valence-corrected chi connectivity index (χ0v) is 36.6. The smallest absolute Gasteiger partial charge is 0.0543 e. The highest BCUT2D eigenvalue weighted by Gasteiger charge is 2.37. The molecule has 65 heavy (non-hydrogen) atoms. The van der Waals surface area contributed by atoms with Crippen LogP contribution in [-0.2, 0) is 5.41 Å². The van der Waals surface area contributed by atoms with Crippen molar-refractivity contribution in [2.24, 2.45) is 0 Å². The lowest BCUT2D eigenvalue weighted by Gasteiger charge is -2.29. The summed E-state index contributed by atoms with van der Waals surface area (Å²) < 4.78 is 0. The van der Waals surface area contributed by atoms with Gasteiger partial charge in [-0.15, -0.1) is 0 Å². The third-order valence-electron chi connectivity index (χ3n) is 13.0. The van der Waals surface area contributed by atoms with Gasteiger partial charge in [0.25, 0.3) is 0 Å². The molecule has 0 radical (unpaired) electrons. The van der Waals surface area contributed by atoms with E-state index >= 15 is 0 Å². The molecule has 0 aliphatic heterocycles. The van der Waals surface area contributed by atoms with Gasteiger partial charge in [0.05, 0.1) is 5.69 Å². The van der Waals surface area contributed by atoms with E-state index in [2.05, 4.69) is 278 Å². The number of hydrogen-bond donors (Lipinski definition) is 0. The molecule has 11 rings (SSSR count). The van der Waals surface area contributed by atoms with Crippen LogP contribution in [0.25, 0.3) is 55.6 Å². The topological polar surface area (TPSA) is 6.48 Å². The molecule has 0 spiro atoms. The second-order valence-electron chi connectivity index (χ2n) is 17.4. The Labute approximate surface area is 383 Å². The van der Waals surface area contributed by atoms with Crippen LogP contribution < -0.4 is 9.80 Å². The van der Waals surface area contributed by atoms with E-state index in [1.54, 1.807) is 0 Å². The first-order valence-corrected chi connectivity index (χ1v) is 22.5.